The van der Waals surface area contributed by atoms with Gasteiger partial charge in [0.05, 0.1) is 12.8 Å². The summed E-state index contributed by atoms with van der Waals surface area (Å²) in [7, 11) is 0. The Morgan fingerprint density at radius 3 is 2.31 bits per heavy atom. The largest absolute Gasteiger partial charge is 0.394 e. The van der Waals surface area contributed by atoms with Crippen LogP contribution in [0.3, 0.4) is 0 Å². The fraction of sp³-hybridized carbons (Fsp3) is 0.714. The molecule has 16 heavy (non-hydrogen) atoms. The molecule has 9 nitrogen and oxygen atoms in total. The predicted molar refractivity (Wildman–Crippen MR) is 52.3 cm³/mol. The maximum Gasteiger partial charge on any atom is 0.332 e. The molecular weight excluding hydrogens is 222 g/mol. The Labute approximate surface area is 90.8 Å². The third-order valence-electron chi connectivity index (χ3n) is 1.68. The molecule has 4 atom stereocenters. The number of nitrogens with two attached hydrogens (primary N) is 1. The Morgan fingerprint density at radius 1 is 1.31 bits per heavy atom. The van der Waals surface area contributed by atoms with E-state index in [4.69, 9.17) is 10.2 Å². The van der Waals surface area contributed by atoms with Crippen LogP contribution in [0.5, 0.6) is 0 Å². The number of rotatable bonds is 6. The minimum Gasteiger partial charge on any atom is -0.394 e. The number of nitrogens with one attached hydrogen (secondary N) is 1. The topological polar surface area (TPSA) is 169 Å². The summed E-state index contributed by atoms with van der Waals surface area (Å²) >= 11 is 0. The second kappa shape index (κ2) is 7.09. The van der Waals surface area contributed by atoms with E-state index in [1.165, 1.54) is 0 Å². The lowest BCUT2D eigenvalue weighted by molar-refractivity contribution is -0.0999. The number of carbonyl (C=O) groups is 1. The van der Waals surface area contributed by atoms with Crippen LogP contribution in [0, 0.1) is 0 Å². The zero-order valence-corrected chi connectivity index (χ0v) is 8.26. The van der Waals surface area contributed by atoms with Crippen molar-refractivity contribution in [1.82, 2.24) is 5.43 Å². The number of amides is 2. The third kappa shape index (κ3) is 5.00. The Kier molecular flexibility index (Phi) is 6.53. The normalized spacial score (nSPS) is 19.1. The van der Waals surface area contributed by atoms with Crippen molar-refractivity contribution in [2.45, 2.75) is 24.4 Å². The molecule has 0 saturated carbocycles. The van der Waals surface area contributed by atoms with E-state index in [0.29, 0.717) is 6.21 Å². The molecule has 2 amide bonds. The van der Waals surface area contributed by atoms with Gasteiger partial charge in [0.15, 0.2) is 0 Å². The number of hydrogen-bond donors (Lipinski definition) is 7. The number of aliphatic hydroxyl groups is 5. The van der Waals surface area contributed by atoms with E-state index in [9.17, 15) is 20.1 Å². The number of primary amides is 1. The molecule has 0 bridgehead atoms. The number of aliphatic hydroxyl groups excluding tert-OH is 5. The number of hydrazone groups is 1. The first-order valence-electron chi connectivity index (χ1n) is 4.32. The smallest absolute Gasteiger partial charge is 0.332 e. The molecule has 0 saturated heterocycles. The summed E-state index contributed by atoms with van der Waals surface area (Å²) in [4.78, 5) is 10.2. The highest BCUT2D eigenvalue weighted by Crippen LogP contribution is 2.03. The van der Waals surface area contributed by atoms with Gasteiger partial charge in [0, 0.05) is 0 Å². The molecule has 8 N–H and O–H groups in total. The first-order chi connectivity index (χ1) is 7.40. The zero-order valence-electron chi connectivity index (χ0n) is 8.26. The summed E-state index contributed by atoms with van der Waals surface area (Å²) in [5.41, 5.74) is 6.41. The molecule has 0 unspecified atom stereocenters. The van der Waals surface area contributed by atoms with Gasteiger partial charge in [-0.05, 0) is 0 Å². The molecule has 0 aliphatic rings. The summed E-state index contributed by atoms with van der Waals surface area (Å²) < 4.78 is 0. The Morgan fingerprint density at radius 2 is 1.88 bits per heavy atom. The van der Waals surface area contributed by atoms with Gasteiger partial charge in [-0.1, -0.05) is 0 Å². The number of carbonyl (C=O) groups excluding carboxylic acids is 1. The Balaban J connectivity index is 4.21. The minimum atomic E-state index is -1.76. The first kappa shape index (κ1) is 14.7. The SMILES string of the molecule is NC(=O)N/N=C\[C@H](O)[C@@H](O)[C@H](O)[C@H](O)CO. The summed E-state index contributed by atoms with van der Waals surface area (Å²) in [6.45, 7) is -0.776. The van der Waals surface area contributed by atoms with Crippen LogP contribution in [0.15, 0.2) is 5.10 Å². The van der Waals surface area contributed by atoms with Crippen LogP contribution in [-0.2, 0) is 0 Å². The molecule has 0 aromatic heterocycles. The molecular formula is C7H15N3O6. The van der Waals surface area contributed by atoms with E-state index in [2.05, 4.69) is 10.8 Å². The number of urea groups is 1. The highest BCUT2D eigenvalue weighted by atomic mass is 16.4. The second-order valence-electron chi connectivity index (χ2n) is 2.98. The van der Waals surface area contributed by atoms with Crippen LogP contribution in [0.2, 0.25) is 0 Å². The van der Waals surface area contributed by atoms with Crippen molar-refractivity contribution in [1.29, 1.82) is 0 Å². The Hall–Kier alpha value is -1.26. The van der Waals surface area contributed by atoms with E-state index in [0.717, 1.165) is 0 Å². The molecule has 0 spiro atoms. The molecule has 0 rings (SSSR count). The maximum absolute atomic E-state index is 10.2. The van der Waals surface area contributed by atoms with Crippen LogP contribution in [0.25, 0.3) is 0 Å². The molecule has 0 aliphatic carbocycles. The van der Waals surface area contributed by atoms with Gasteiger partial charge in [0.25, 0.3) is 0 Å². The zero-order chi connectivity index (χ0) is 12.7. The van der Waals surface area contributed by atoms with Crippen molar-refractivity contribution in [3.63, 3.8) is 0 Å². The molecule has 0 radical (unpaired) electrons. The van der Waals surface area contributed by atoms with Crippen LogP contribution in [0.4, 0.5) is 4.79 Å². The van der Waals surface area contributed by atoms with E-state index < -0.39 is 37.1 Å². The van der Waals surface area contributed by atoms with Crippen molar-refractivity contribution >= 4 is 12.2 Å². The molecule has 0 aromatic carbocycles. The van der Waals surface area contributed by atoms with Crippen molar-refractivity contribution in [3.8, 4) is 0 Å². The van der Waals surface area contributed by atoms with Crippen LogP contribution in [0.1, 0.15) is 0 Å². The molecule has 9 heteroatoms. The van der Waals surface area contributed by atoms with Crippen molar-refractivity contribution in [3.05, 3.63) is 0 Å². The fourth-order valence-electron chi connectivity index (χ4n) is 0.803. The molecule has 0 fully saturated rings. The summed E-state index contributed by atoms with van der Waals surface area (Å²) in [6.07, 6.45) is -6.03. The molecule has 0 heterocycles. The van der Waals surface area contributed by atoms with E-state index in [1.54, 1.807) is 5.43 Å². The van der Waals surface area contributed by atoms with Crippen molar-refractivity contribution in [2.75, 3.05) is 6.61 Å². The van der Waals surface area contributed by atoms with E-state index in [-0.39, 0.29) is 0 Å². The lowest BCUT2D eigenvalue weighted by Gasteiger charge is -2.23. The summed E-state index contributed by atoms with van der Waals surface area (Å²) in [6, 6.07) is -0.964. The standard InChI is InChI=1S/C7H15N3O6/c8-7(16)10-9-1-3(12)5(14)6(15)4(13)2-11/h1,3-6,11-15H,2H2,(H3,8,10,16)/b9-1-/t3-,4+,5+,6+/m0/s1. The maximum atomic E-state index is 10.2. The molecule has 0 aliphatic heterocycles. The quantitative estimate of drug-likeness (QED) is 0.184. The van der Waals surface area contributed by atoms with Gasteiger partial charge in [-0.2, -0.15) is 5.10 Å². The van der Waals surface area contributed by atoms with Gasteiger partial charge < -0.3 is 31.3 Å². The number of nitrogens with zero attached hydrogens (tertiary/aromatic N) is 1. The third-order valence-corrected chi connectivity index (χ3v) is 1.68. The van der Waals surface area contributed by atoms with Gasteiger partial charge in [0.2, 0.25) is 0 Å². The average molecular weight is 237 g/mol. The fourth-order valence-corrected chi connectivity index (χ4v) is 0.803. The molecule has 94 valence electrons. The monoisotopic (exact) mass is 237 g/mol. The lowest BCUT2D eigenvalue weighted by Crippen LogP contribution is -2.46. The lowest BCUT2D eigenvalue weighted by atomic mass is 10.0. The highest BCUT2D eigenvalue weighted by Gasteiger charge is 2.29. The van der Waals surface area contributed by atoms with Crippen LogP contribution < -0.4 is 11.2 Å². The minimum absolute atomic E-state index is 0.711. The van der Waals surface area contributed by atoms with Gasteiger partial charge >= 0.3 is 6.03 Å². The van der Waals surface area contributed by atoms with E-state index >= 15 is 0 Å². The number of hydrogen-bond acceptors (Lipinski definition) is 7. The summed E-state index contributed by atoms with van der Waals surface area (Å²) in [5.74, 6) is 0. The van der Waals surface area contributed by atoms with Crippen molar-refractivity contribution < 1.29 is 30.3 Å². The van der Waals surface area contributed by atoms with Gasteiger partial charge in [-0.15, -0.1) is 0 Å². The van der Waals surface area contributed by atoms with Crippen molar-refractivity contribution in [2.24, 2.45) is 10.8 Å². The predicted octanol–water partition coefficient (Wildman–Crippen LogP) is -3.92. The van der Waals surface area contributed by atoms with Gasteiger partial charge in [0.1, 0.15) is 24.4 Å². The van der Waals surface area contributed by atoms with E-state index in [1.807, 2.05) is 0 Å². The second-order valence-corrected chi connectivity index (χ2v) is 2.98. The Bertz CT molecular complexity index is 248. The summed E-state index contributed by atoms with van der Waals surface area (Å²) in [5, 5.41) is 48.2. The highest BCUT2D eigenvalue weighted by molar-refractivity contribution is 5.73. The van der Waals surface area contributed by atoms with Crippen LogP contribution in [-0.4, -0.2) is 68.8 Å². The average Bonchev–Trinajstić information content (AvgIpc) is 2.25. The van der Waals surface area contributed by atoms with Gasteiger partial charge in [-0.3, -0.25) is 0 Å². The molecule has 0 aromatic rings. The van der Waals surface area contributed by atoms with Crippen LogP contribution >= 0.6 is 0 Å². The van der Waals surface area contributed by atoms with Gasteiger partial charge in [-0.25, -0.2) is 10.2 Å². The first-order valence-corrected chi connectivity index (χ1v) is 4.32.